The zero-order chi connectivity index (χ0) is 46.3. The number of thioether (sulfide) groups is 1. The van der Waals surface area contributed by atoms with Crippen molar-refractivity contribution in [2.45, 2.75) is 18.6 Å². The SMILES string of the molecule is COCC(O)COCC(O)CSCCC(=O)N(CCNC(=O)CN(CCN(CC(=O)O)CC(=O)O)CC(=O)O)CCNC(=O)CN(CCN(CC(=O)O)CC(=O)O)CC(=O)O. The van der Waals surface area contributed by atoms with Crippen molar-refractivity contribution >= 4 is 65.3 Å². The van der Waals surface area contributed by atoms with E-state index in [1.165, 1.54) is 23.8 Å². The molecule has 0 aromatic rings. The van der Waals surface area contributed by atoms with Gasteiger partial charge in [0.15, 0.2) is 0 Å². The second-order valence-electron chi connectivity index (χ2n) is 13.4. The maximum absolute atomic E-state index is 13.3. The normalized spacial score (nSPS) is 12.3. The summed E-state index contributed by atoms with van der Waals surface area (Å²) in [5, 5.41) is 79.8. The molecule has 0 spiro atoms. The summed E-state index contributed by atoms with van der Waals surface area (Å²) in [5.74, 6) is -9.18. The van der Waals surface area contributed by atoms with Gasteiger partial charge in [-0.15, -0.1) is 0 Å². The molecule has 0 heterocycles. The zero-order valence-electron chi connectivity index (χ0n) is 33.9. The summed E-state index contributed by atoms with van der Waals surface area (Å²) in [6.07, 6.45) is -1.82. The highest BCUT2D eigenvalue weighted by molar-refractivity contribution is 7.99. The van der Waals surface area contributed by atoms with Gasteiger partial charge >= 0.3 is 35.8 Å². The predicted molar refractivity (Wildman–Crippen MR) is 211 cm³/mol. The average Bonchev–Trinajstić information content (AvgIpc) is 3.12. The van der Waals surface area contributed by atoms with Gasteiger partial charge in [-0.25, -0.2) is 0 Å². The molecule has 0 aliphatic heterocycles. The van der Waals surface area contributed by atoms with Crippen LogP contribution in [0, 0.1) is 0 Å². The second kappa shape index (κ2) is 33.0. The first-order valence-corrected chi connectivity index (χ1v) is 19.9. The fourth-order valence-corrected chi connectivity index (χ4v) is 6.13. The van der Waals surface area contributed by atoms with E-state index < -0.39 is 118 Å². The molecule has 0 saturated carbocycles. The average molecular weight is 902 g/mol. The molecule has 0 aliphatic carbocycles. The van der Waals surface area contributed by atoms with Crippen LogP contribution >= 0.6 is 11.8 Å². The number of carboxylic acid groups (broad SMARTS) is 6. The fourth-order valence-electron chi connectivity index (χ4n) is 5.27. The number of carboxylic acids is 6. The summed E-state index contributed by atoms with van der Waals surface area (Å²) < 4.78 is 10.1. The van der Waals surface area contributed by atoms with Crippen molar-refractivity contribution in [3.8, 4) is 0 Å². The quantitative estimate of drug-likeness (QED) is 0.0257. The third kappa shape index (κ3) is 32.7. The van der Waals surface area contributed by atoms with Crippen LogP contribution in [-0.2, 0) is 52.6 Å². The van der Waals surface area contributed by atoms with Gasteiger partial charge in [0.1, 0.15) is 6.10 Å². The molecular formula is C34H59N7O19S. The Hall–Kier alpha value is -4.74. The van der Waals surface area contributed by atoms with E-state index in [9.17, 15) is 63.6 Å². The molecule has 2 unspecified atom stereocenters. The first-order chi connectivity index (χ1) is 28.7. The fraction of sp³-hybridized carbons (Fsp3) is 0.735. The molecule has 350 valence electrons. The molecule has 61 heavy (non-hydrogen) atoms. The van der Waals surface area contributed by atoms with Crippen LogP contribution in [0.25, 0.3) is 0 Å². The first kappa shape index (κ1) is 56.3. The molecular weight excluding hydrogens is 842 g/mol. The number of hydrogen-bond acceptors (Lipinski definition) is 18. The minimum absolute atomic E-state index is 0.0438. The predicted octanol–water partition coefficient (Wildman–Crippen LogP) is -5.73. The van der Waals surface area contributed by atoms with Crippen LogP contribution in [0.2, 0.25) is 0 Å². The number of methoxy groups -OCH3 is 1. The van der Waals surface area contributed by atoms with Crippen molar-refractivity contribution in [3.63, 3.8) is 0 Å². The van der Waals surface area contributed by atoms with Gasteiger partial charge in [0, 0.05) is 77.4 Å². The number of aliphatic hydroxyl groups excluding tert-OH is 2. The smallest absolute Gasteiger partial charge is 0.317 e. The highest BCUT2D eigenvalue weighted by atomic mass is 32.2. The summed E-state index contributed by atoms with van der Waals surface area (Å²) >= 11 is 1.23. The number of nitrogens with zero attached hydrogens (tertiary/aromatic N) is 5. The van der Waals surface area contributed by atoms with Gasteiger partial charge in [-0.2, -0.15) is 11.8 Å². The van der Waals surface area contributed by atoms with Crippen LogP contribution in [0.15, 0.2) is 0 Å². The van der Waals surface area contributed by atoms with Crippen molar-refractivity contribution in [3.05, 3.63) is 0 Å². The van der Waals surface area contributed by atoms with Gasteiger partial charge in [-0.05, 0) is 0 Å². The Morgan fingerprint density at radius 3 is 1.20 bits per heavy atom. The second-order valence-corrected chi connectivity index (χ2v) is 14.6. The lowest BCUT2D eigenvalue weighted by Gasteiger charge is -2.26. The molecule has 0 aromatic heterocycles. The van der Waals surface area contributed by atoms with Gasteiger partial charge in [0.25, 0.3) is 0 Å². The minimum atomic E-state index is -1.31. The van der Waals surface area contributed by atoms with Crippen LogP contribution in [0.5, 0.6) is 0 Å². The molecule has 0 radical (unpaired) electrons. The Balaban J connectivity index is 5.54. The first-order valence-electron chi connectivity index (χ1n) is 18.7. The van der Waals surface area contributed by atoms with Crippen molar-refractivity contribution in [2.24, 2.45) is 0 Å². The third-order valence-electron chi connectivity index (χ3n) is 7.86. The Morgan fingerprint density at radius 1 is 0.508 bits per heavy atom. The van der Waals surface area contributed by atoms with Crippen molar-refractivity contribution in [2.75, 3.05) is 143 Å². The van der Waals surface area contributed by atoms with E-state index in [1.807, 2.05) is 0 Å². The molecule has 0 saturated heterocycles. The highest BCUT2D eigenvalue weighted by Gasteiger charge is 2.22. The van der Waals surface area contributed by atoms with Crippen molar-refractivity contribution < 1.29 is 93.5 Å². The monoisotopic (exact) mass is 901 g/mol. The Labute approximate surface area is 355 Å². The summed E-state index contributed by atoms with van der Waals surface area (Å²) in [5.41, 5.74) is 0. The summed E-state index contributed by atoms with van der Waals surface area (Å²) in [4.78, 5) is 112. The van der Waals surface area contributed by atoms with Crippen LogP contribution in [0.4, 0.5) is 0 Å². The van der Waals surface area contributed by atoms with Gasteiger partial charge in [-0.3, -0.25) is 62.8 Å². The van der Waals surface area contributed by atoms with Gasteiger partial charge < -0.3 is 65.9 Å². The number of carbonyl (C=O) groups excluding carboxylic acids is 3. The molecule has 3 amide bonds. The van der Waals surface area contributed by atoms with Crippen LogP contribution in [-0.4, -0.2) is 274 Å². The molecule has 0 rings (SSSR count). The van der Waals surface area contributed by atoms with E-state index in [1.54, 1.807) is 0 Å². The van der Waals surface area contributed by atoms with Crippen molar-refractivity contribution in [1.82, 2.24) is 35.1 Å². The maximum Gasteiger partial charge on any atom is 0.317 e. The Kier molecular flexibility index (Phi) is 30.4. The molecule has 2 atom stereocenters. The standard InChI is InChI=1S/C34H59N7O19S/c1-59-20-24(42)21-60-22-25(43)23-61-11-2-28(46)41(5-3-35-26(44)12-37(14-29(47)48)7-9-39(16-31(51)52)17-32(53)54)6-4-36-27(45)13-38(15-30(49)50)8-10-40(18-33(55)56)19-34(57)58/h24-25,42-43H,2-23H2,1H3,(H,35,44)(H,36,45)(H,47,48)(H,49,50)(H,51,52)(H,53,54)(H,55,56)(H,57,58). The van der Waals surface area contributed by atoms with Crippen LogP contribution in [0.3, 0.4) is 0 Å². The Morgan fingerprint density at radius 2 is 0.852 bits per heavy atom. The van der Waals surface area contributed by atoms with E-state index in [-0.39, 0.29) is 90.1 Å². The van der Waals surface area contributed by atoms with E-state index in [0.717, 1.165) is 19.6 Å². The maximum atomic E-state index is 13.3. The number of carbonyl (C=O) groups is 9. The molecule has 0 fully saturated rings. The van der Waals surface area contributed by atoms with E-state index in [0.29, 0.717) is 0 Å². The van der Waals surface area contributed by atoms with Gasteiger partial charge in [-0.1, -0.05) is 0 Å². The number of aliphatic hydroxyl groups is 2. The van der Waals surface area contributed by atoms with E-state index >= 15 is 0 Å². The lowest BCUT2D eigenvalue weighted by molar-refractivity contribution is -0.144. The number of nitrogens with one attached hydrogen (secondary N) is 2. The molecule has 10 N–H and O–H groups in total. The number of ether oxygens (including phenoxy) is 2. The van der Waals surface area contributed by atoms with E-state index in [4.69, 9.17) is 29.9 Å². The van der Waals surface area contributed by atoms with Gasteiger partial charge in [0.2, 0.25) is 17.7 Å². The lowest BCUT2D eigenvalue weighted by Crippen LogP contribution is -2.48. The summed E-state index contributed by atoms with van der Waals surface area (Å²) in [6, 6.07) is 0. The lowest BCUT2D eigenvalue weighted by atomic mass is 10.3. The highest BCUT2D eigenvalue weighted by Crippen LogP contribution is 2.08. The van der Waals surface area contributed by atoms with Gasteiger partial charge in [0.05, 0.1) is 78.3 Å². The van der Waals surface area contributed by atoms with E-state index in [2.05, 4.69) is 10.6 Å². The Bertz CT molecular complexity index is 1300. The van der Waals surface area contributed by atoms with Crippen LogP contribution < -0.4 is 10.6 Å². The molecule has 0 aromatic carbocycles. The number of hydrogen-bond donors (Lipinski definition) is 10. The number of rotatable bonds is 39. The minimum Gasteiger partial charge on any atom is -0.480 e. The summed E-state index contributed by atoms with van der Waals surface area (Å²) in [6.45, 7) is -6.04. The number of amides is 3. The molecule has 0 bridgehead atoms. The topological polar surface area (TPSA) is 374 Å². The molecule has 26 nitrogen and oxygen atoms in total. The zero-order valence-corrected chi connectivity index (χ0v) is 34.7. The van der Waals surface area contributed by atoms with Crippen LogP contribution in [0.1, 0.15) is 6.42 Å². The number of aliphatic carboxylic acids is 6. The third-order valence-corrected chi connectivity index (χ3v) is 8.98. The molecule has 0 aliphatic rings. The van der Waals surface area contributed by atoms with Crippen molar-refractivity contribution in [1.29, 1.82) is 0 Å². The summed E-state index contributed by atoms with van der Waals surface area (Å²) in [7, 11) is 1.41. The largest absolute Gasteiger partial charge is 0.480 e. The molecule has 27 heteroatoms.